The van der Waals surface area contributed by atoms with E-state index in [4.69, 9.17) is 10.5 Å². The van der Waals surface area contributed by atoms with Crippen LogP contribution in [0.15, 0.2) is 24.3 Å². The Labute approximate surface area is 106 Å². The van der Waals surface area contributed by atoms with Crippen molar-refractivity contribution >= 4 is 11.8 Å². The van der Waals surface area contributed by atoms with E-state index in [0.29, 0.717) is 11.3 Å². The first-order valence-electron chi connectivity index (χ1n) is 5.77. The highest BCUT2D eigenvalue weighted by atomic mass is 16.5. The monoisotopic (exact) mass is 250 g/mol. The summed E-state index contributed by atoms with van der Waals surface area (Å²) in [5.74, 6) is -0.150. The van der Waals surface area contributed by atoms with Gasteiger partial charge in [0, 0.05) is 11.6 Å². The molecule has 0 aliphatic rings. The number of nitrogens with one attached hydrogen (secondary N) is 1. The second kappa shape index (κ2) is 6.05. The van der Waals surface area contributed by atoms with Gasteiger partial charge in [-0.1, -0.05) is 0 Å². The SMILES string of the molecule is CC(C)NC(=O)[C@@H](C)Oc1ccc(C(N)=O)cc1. The Bertz CT molecular complexity index is 426. The molecule has 3 N–H and O–H groups in total. The van der Waals surface area contributed by atoms with Gasteiger partial charge in [-0.15, -0.1) is 0 Å². The lowest BCUT2D eigenvalue weighted by molar-refractivity contribution is -0.127. The molecule has 1 rings (SSSR count). The van der Waals surface area contributed by atoms with Crippen molar-refractivity contribution in [2.24, 2.45) is 5.73 Å². The molecular weight excluding hydrogens is 232 g/mol. The largest absolute Gasteiger partial charge is 0.481 e. The summed E-state index contributed by atoms with van der Waals surface area (Å²) < 4.78 is 5.45. The topological polar surface area (TPSA) is 81.4 Å². The van der Waals surface area contributed by atoms with Gasteiger partial charge in [0.15, 0.2) is 6.10 Å². The fourth-order valence-corrected chi connectivity index (χ4v) is 1.36. The average molecular weight is 250 g/mol. The molecule has 1 aromatic rings. The number of benzene rings is 1. The zero-order valence-corrected chi connectivity index (χ0v) is 10.8. The maximum atomic E-state index is 11.6. The van der Waals surface area contributed by atoms with Gasteiger partial charge in [0.25, 0.3) is 5.91 Å². The Morgan fingerprint density at radius 3 is 2.17 bits per heavy atom. The molecule has 0 aliphatic heterocycles. The van der Waals surface area contributed by atoms with E-state index in [-0.39, 0.29) is 11.9 Å². The number of nitrogens with two attached hydrogens (primary N) is 1. The van der Waals surface area contributed by atoms with Crippen LogP contribution in [0.4, 0.5) is 0 Å². The molecule has 98 valence electrons. The number of rotatable bonds is 5. The minimum Gasteiger partial charge on any atom is -0.481 e. The van der Waals surface area contributed by atoms with Crippen LogP contribution in [-0.4, -0.2) is 24.0 Å². The minimum absolute atomic E-state index is 0.0702. The molecule has 2 amide bonds. The quantitative estimate of drug-likeness (QED) is 0.820. The van der Waals surface area contributed by atoms with Gasteiger partial charge in [0.1, 0.15) is 5.75 Å². The summed E-state index contributed by atoms with van der Waals surface area (Å²) in [7, 11) is 0. The smallest absolute Gasteiger partial charge is 0.260 e. The number of hydrogen-bond donors (Lipinski definition) is 2. The molecule has 0 spiro atoms. The maximum Gasteiger partial charge on any atom is 0.260 e. The number of carbonyl (C=O) groups is 2. The molecule has 0 radical (unpaired) electrons. The molecule has 1 atom stereocenters. The molecule has 5 heteroatoms. The van der Waals surface area contributed by atoms with Crippen molar-refractivity contribution in [3.63, 3.8) is 0 Å². The van der Waals surface area contributed by atoms with Crippen molar-refractivity contribution in [3.05, 3.63) is 29.8 Å². The van der Waals surface area contributed by atoms with Gasteiger partial charge >= 0.3 is 0 Å². The number of hydrogen-bond acceptors (Lipinski definition) is 3. The normalized spacial score (nSPS) is 12.0. The first-order chi connectivity index (χ1) is 8.40. The second-order valence-electron chi connectivity index (χ2n) is 4.31. The van der Waals surface area contributed by atoms with E-state index in [0.717, 1.165) is 0 Å². The molecule has 0 fully saturated rings. The Kier molecular flexibility index (Phi) is 4.71. The average Bonchev–Trinajstić information content (AvgIpc) is 2.28. The summed E-state index contributed by atoms with van der Waals surface area (Å²) in [6.07, 6.45) is -0.591. The van der Waals surface area contributed by atoms with Crippen LogP contribution < -0.4 is 15.8 Å². The first kappa shape index (κ1) is 14.0. The van der Waals surface area contributed by atoms with Gasteiger partial charge in [-0.25, -0.2) is 0 Å². The molecule has 0 aliphatic carbocycles. The second-order valence-corrected chi connectivity index (χ2v) is 4.31. The molecule has 0 saturated carbocycles. The predicted molar refractivity (Wildman–Crippen MR) is 68.3 cm³/mol. The molecule has 0 aromatic heterocycles. The highest BCUT2D eigenvalue weighted by Gasteiger charge is 2.15. The third-order valence-electron chi connectivity index (χ3n) is 2.25. The van der Waals surface area contributed by atoms with Crippen LogP contribution in [0.2, 0.25) is 0 Å². The van der Waals surface area contributed by atoms with E-state index >= 15 is 0 Å². The molecule has 1 aromatic carbocycles. The number of ether oxygens (including phenoxy) is 1. The molecule has 18 heavy (non-hydrogen) atoms. The van der Waals surface area contributed by atoms with Crippen LogP contribution >= 0.6 is 0 Å². The van der Waals surface area contributed by atoms with Crippen molar-refractivity contribution in [1.82, 2.24) is 5.32 Å². The van der Waals surface area contributed by atoms with Gasteiger partial charge in [0.2, 0.25) is 5.91 Å². The standard InChI is InChI=1S/C13H18N2O3/c1-8(2)15-13(17)9(3)18-11-6-4-10(5-7-11)12(14)16/h4-9H,1-3H3,(H2,14,16)(H,15,17)/t9-/m1/s1. The van der Waals surface area contributed by atoms with E-state index in [2.05, 4.69) is 5.32 Å². The van der Waals surface area contributed by atoms with Crippen molar-refractivity contribution in [2.75, 3.05) is 0 Å². The highest BCUT2D eigenvalue weighted by Crippen LogP contribution is 2.13. The van der Waals surface area contributed by atoms with Crippen LogP contribution in [0.5, 0.6) is 5.75 Å². The van der Waals surface area contributed by atoms with E-state index in [9.17, 15) is 9.59 Å². The van der Waals surface area contributed by atoms with Gasteiger partial charge < -0.3 is 15.8 Å². The fourth-order valence-electron chi connectivity index (χ4n) is 1.36. The summed E-state index contributed by atoms with van der Waals surface area (Å²) in [6.45, 7) is 5.43. The minimum atomic E-state index is -0.591. The van der Waals surface area contributed by atoms with Crippen LogP contribution in [0.25, 0.3) is 0 Å². The van der Waals surface area contributed by atoms with Crippen molar-refractivity contribution < 1.29 is 14.3 Å². The molecule has 0 saturated heterocycles. The number of primary amides is 1. The molecular formula is C13H18N2O3. The maximum absolute atomic E-state index is 11.6. The van der Waals surface area contributed by atoms with Gasteiger partial charge in [0.05, 0.1) is 0 Å². The fraction of sp³-hybridized carbons (Fsp3) is 0.385. The third kappa shape index (κ3) is 4.08. The van der Waals surface area contributed by atoms with Gasteiger partial charge in [-0.3, -0.25) is 9.59 Å². The summed E-state index contributed by atoms with van der Waals surface area (Å²) >= 11 is 0. The Morgan fingerprint density at radius 1 is 1.17 bits per heavy atom. The van der Waals surface area contributed by atoms with E-state index in [1.807, 2.05) is 13.8 Å². The predicted octanol–water partition coefficient (Wildman–Crippen LogP) is 1.08. The van der Waals surface area contributed by atoms with Crippen LogP contribution in [0.1, 0.15) is 31.1 Å². The molecule has 0 heterocycles. The van der Waals surface area contributed by atoms with Crippen LogP contribution in [0, 0.1) is 0 Å². The first-order valence-corrected chi connectivity index (χ1v) is 5.77. The number of amides is 2. The number of carbonyl (C=O) groups excluding carboxylic acids is 2. The zero-order chi connectivity index (χ0) is 13.7. The molecule has 0 unspecified atom stereocenters. The zero-order valence-electron chi connectivity index (χ0n) is 10.8. The molecule has 5 nitrogen and oxygen atoms in total. The summed E-state index contributed by atoms with van der Waals surface area (Å²) in [5.41, 5.74) is 5.53. The summed E-state index contributed by atoms with van der Waals surface area (Å²) in [4.78, 5) is 22.5. The van der Waals surface area contributed by atoms with Gasteiger partial charge in [-0.05, 0) is 45.0 Å². The lowest BCUT2D eigenvalue weighted by atomic mass is 10.2. The van der Waals surface area contributed by atoms with Crippen molar-refractivity contribution in [1.29, 1.82) is 0 Å². The van der Waals surface area contributed by atoms with E-state index < -0.39 is 12.0 Å². The Hall–Kier alpha value is -2.04. The van der Waals surface area contributed by atoms with Crippen molar-refractivity contribution in [3.8, 4) is 5.75 Å². The Morgan fingerprint density at radius 2 is 1.72 bits per heavy atom. The highest BCUT2D eigenvalue weighted by molar-refractivity contribution is 5.92. The molecule has 0 bridgehead atoms. The van der Waals surface area contributed by atoms with Crippen LogP contribution in [0.3, 0.4) is 0 Å². The lowest BCUT2D eigenvalue weighted by Gasteiger charge is -2.16. The summed E-state index contributed by atoms with van der Waals surface area (Å²) in [5, 5.41) is 2.75. The summed E-state index contributed by atoms with van der Waals surface area (Å²) in [6, 6.07) is 6.41. The van der Waals surface area contributed by atoms with Crippen LogP contribution in [-0.2, 0) is 4.79 Å². The lowest BCUT2D eigenvalue weighted by Crippen LogP contribution is -2.40. The van der Waals surface area contributed by atoms with Crippen molar-refractivity contribution in [2.45, 2.75) is 32.9 Å². The Balaban J connectivity index is 2.61. The van der Waals surface area contributed by atoms with E-state index in [1.54, 1.807) is 31.2 Å². The van der Waals surface area contributed by atoms with E-state index in [1.165, 1.54) is 0 Å². The van der Waals surface area contributed by atoms with Gasteiger partial charge in [-0.2, -0.15) is 0 Å². The third-order valence-corrected chi connectivity index (χ3v) is 2.25.